The monoisotopic (exact) mass is 286 g/mol. The van der Waals surface area contributed by atoms with Crippen molar-refractivity contribution in [2.75, 3.05) is 0 Å². The maximum absolute atomic E-state index is 10.8. The van der Waals surface area contributed by atoms with Crippen LogP contribution in [0.3, 0.4) is 0 Å². The van der Waals surface area contributed by atoms with Gasteiger partial charge in [-0.3, -0.25) is 9.48 Å². The fourth-order valence-corrected chi connectivity index (χ4v) is 2.13. The van der Waals surface area contributed by atoms with E-state index >= 15 is 0 Å². The van der Waals surface area contributed by atoms with E-state index in [1.165, 1.54) is 5.56 Å². The summed E-state index contributed by atoms with van der Waals surface area (Å²) in [5, 5.41) is 13.6. The zero-order valence-electron chi connectivity index (χ0n) is 13.1. The lowest BCUT2D eigenvalue weighted by Gasteiger charge is -2.18. The molecule has 1 aromatic carbocycles. The highest BCUT2D eigenvalue weighted by Crippen LogP contribution is 2.26. The number of hydrogen-bond donors (Lipinski definition) is 1. The summed E-state index contributed by atoms with van der Waals surface area (Å²) >= 11 is 0. The first-order valence-electron chi connectivity index (χ1n) is 7.15. The Labute approximate surface area is 125 Å². The van der Waals surface area contributed by atoms with E-state index in [0.717, 1.165) is 16.8 Å². The van der Waals surface area contributed by atoms with Gasteiger partial charge in [-0.15, -0.1) is 0 Å². The summed E-state index contributed by atoms with van der Waals surface area (Å²) in [6.07, 6.45) is 2.58. The number of hydrogen-bond acceptors (Lipinski definition) is 2. The molecule has 21 heavy (non-hydrogen) atoms. The minimum atomic E-state index is -0.784. The van der Waals surface area contributed by atoms with E-state index in [9.17, 15) is 4.79 Å². The van der Waals surface area contributed by atoms with Gasteiger partial charge in [0.25, 0.3) is 0 Å². The molecule has 0 fully saturated rings. The molecule has 1 heterocycles. The van der Waals surface area contributed by atoms with E-state index in [2.05, 4.69) is 25.9 Å². The second-order valence-electron chi connectivity index (χ2n) is 6.38. The third-order valence-corrected chi connectivity index (χ3v) is 3.41. The number of aryl methyl sites for hydroxylation is 2. The predicted molar refractivity (Wildman–Crippen MR) is 83.4 cm³/mol. The minimum absolute atomic E-state index is 0.120. The van der Waals surface area contributed by atoms with Gasteiger partial charge in [-0.05, 0) is 39.7 Å². The Morgan fingerprint density at radius 3 is 2.38 bits per heavy atom. The Morgan fingerprint density at radius 1 is 1.24 bits per heavy atom. The number of rotatable bonds is 4. The van der Waals surface area contributed by atoms with Gasteiger partial charge in [0.05, 0.1) is 11.2 Å². The number of nitrogens with zero attached hydrogens (tertiary/aromatic N) is 2. The van der Waals surface area contributed by atoms with E-state index < -0.39 is 5.97 Å². The van der Waals surface area contributed by atoms with Gasteiger partial charge < -0.3 is 5.11 Å². The lowest BCUT2D eigenvalue weighted by Crippen LogP contribution is -2.22. The molecule has 0 aliphatic carbocycles. The van der Waals surface area contributed by atoms with Gasteiger partial charge >= 0.3 is 5.97 Å². The molecule has 112 valence electrons. The average molecular weight is 286 g/mol. The molecule has 0 aliphatic rings. The maximum atomic E-state index is 10.8. The van der Waals surface area contributed by atoms with Crippen molar-refractivity contribution in [2.45, 2.75) is 46.1 Å². The molecular formula is C17H22N2O2. The van der Waals surface area contributed by atoms with Crippen LogP contribution < -0.4 is 0 Å². The van der Waals surface area contributed by atoms with Crippen LogP contribution in [0.25, 0.3) is 11.3 Å². The standard InChI is InChI=1S/C17H22N2O2/c1-12-5-7-13(8-6-12)16-14(9-10-15(20)21)11-19(18-16)17(2,3)4/h5-8,11H,9-10H2,1-4H3,(H,20,21). The first-order valence-corrected chi connectivity index (χ1v) is 7.15. The quantitative estimate of drug-likeness (QED) is 0.933. The smallest absolute Gasteiger partial charge is 0.303 e. The highest BCUT2D eigenvalue weighted by Gasteiger charge is 2.19. The summed E-state index contributed by atoms with van der Waals surface area (Å²) in [6.45, 7) is 8.29. The molecule has 1 aromatic heterocycles. The molecule has 4 heteroatoms. The van der Waals surface area contributed by atoms with Crippen LogP contribution in [0.15, 0.2) is 30.5 Å². The molecule has 0 spiro atoms. The van der Waals surface area contributed by atoms with Gasteiger partial charge in [0.15, 0.2) is 0 Å². The summed E-state index contributed by atoms with van der Waals surface area (Å²) < 4.78 is 1.92. The minimum Gasteiger partial charge on any atom is -0.481 e. The number of carboxylic acid groups (broad SMARTS) is 1. The summed E-state index contributed by atoms with van der Waals surface area (Å²) in [7, 11) is 0. The van der Waals surface area contributed by atoms with Gasteiger partial charge in [-0.1, -0.05) is 29.8 Å². The molecule has 0 saturated carbocycles. The average Bonchev–Trinajstić information content (AvgIpc) is 2.81. The van der Waals surface area contributed by atoms with Crippen molar-refractivity contribution < 1.29 is 9.90 Å². The van der Waals surface area contributed by atoms with Crippen LogP contribution in [-0.4, -0.2) is 20.9 Å². The van der Waals surface area contributed by atoms with E-state index in [1.807, 2.05) is 42.1 Å². The summed E-state index contributed by atoms with van der Waals surface area (Å²) in [5.41, 5.74) is 3.97. The number of benzene rings is 1. The SMILES string of the molecule is Cc1ccc(-c2nn(C(C)(C)C)cc2CCC(=O)O)cc1. The fourth-order valence-electron chi connectivity index (χ4n) is 2.13. The van der Waals surface area contributed by atoms with E-state index in [0.29, 0.717) is 6.42 Å². The van der Waals surface area contributed by atoms with Crippen LogP contribution in [0, 0.1) is 6.92 Å². The molecule has 0 amide bonds. The Morgan fingerprint density at radius 2 is 1.86 bits per heavy atom. The Bertz CT molecular complexity index is 634. The number of carbonyl (C=O) groups is 1. The molecule has 2 aromatic rings. The third-order valence-electron chi connectivity index (χ3n) is 3.41. The Balaban J connectivity index is 2.43. The molecular weight excluding hydrogens is 264 g/mol. The van der Waals surface area contributed by atoms with Crippen LogP contribution in [0.4, 0.5) is 0 Å². The van der Waals surface area contributed by atoms with Crippen molar-refractivity contribution in [3.63, 3.8) is 0 Å². The summed E-state index contributed by atoms with van der Waals surface area (Å²) in [4.78, 5) is 10.8. The summed E-state index contributed by atoms with van der Waals surface area (Å²) in [6, 6.07) is 8.17. The van der Waals surface area contributed by atoms with Crippen molar-refractivity contribution in [1.29, 1.82) is 0 Å². The van der Waals surface area contributed by atoms with Crippen LogP contribution >= 0.6 is 0 Å². The van der Waals surface area contributed by atoms with Crippen LogP contribution in [0.2, 0.25) is 0 Å². The molecule has 0 atom stereocenters. The number of aliphatic carboxylic acids is 1. The van der Waals surface area contributed by atoms with Gasteiger partial charge in [0.2, 0.25) is 0 Å². The van der Waals surface area contributed by atoms with Crippen molar-refractivity contribution in [3.8, 4) is 11.3 Å². The topological polar surface area (TPSA) is 55.1 Å². The lowest BCUT2D eigenvalue weighted by atomic mass is 10.0. The zero-order chi connectivity index (χ0) is 15.6. The molecule has 0 saturated heterocycles. The van der Waals surface area contributed by atoms with Gasteiger partial charge in [-0.25, -0.2) is 0 Å². The molecule has 0 unspecified atom stereocenters. The Kier molecular flexibility index (Phi) is 4.16. The lowest BCUT2D eigenvalue weighted by molar-refractivity contribution is -0.136. The van der Waals surface area contributed by atoms with E-state index in [1.54, 1.807) is 0 Å². The fraction of sp³-hybridized carbons (Fsp3) is 0.412. The van der Waals surface area contributed by atoms with Crippen molar-refractivity contribution in [1.82, 2.24) is 9.78 Å². The maximum Gasteiger partial charge on any atom is 0.303 e. The molecule has 2 rings (SSSR count). The summed E-state index contributed by atoms with van der Waals surface area (Å²) in [5.74, 6) is -0.784. The Hall–Kier alpha value is -2.10. The van der Waals surface area contributed by atoms with Crippen LogP contribution in [0.1, 0.15) is 38.3 Å². The molecule has 4 nitrogen and oxygen atoms in total. The third kappa shape index (κ3) is 3.72. The second kappa shape index (κ2) is 5.72. The molecule has 0 aliphatic heterocycles. The molecule has 0 bridgehead atoms. The molecule has 1 N–H and O–H groups in total. The number of carboxylic acids is 1. The van der Waals surface area contributed by atoms with Crippen LogP contribution in [-0.2, 0) is 16.8 Å². The highest BCUT2D eigenvalue weighted by molar-refractivity contribution is 5.69. The highest BCUT2D eigenvalue weighted by atomic mass is 16.4. The van der Waals surface area contributed by atoms with Crippen molar-refractivity contribution in [3.05, 3.63) is 41.6 Å². The van der Waals surface area contributed by atoms with E-state index in [4.69, 9.17) is 5.11 Å². The largest absolute Gasteiger partial charge is 0.481 e. The van der Waals surface area contributed by atoms with Crippen molar-refractivity contribution in [2.24, 2.45) is 0 Å². The number of aromatic nitrogens is 2. The zero-order valence-corrected chi connectivity index (χ0v) is 13.1. The second-order valence-corrected chi connectivity index (χ2v) is 6.38. The van der Waals surface area contributed by atoms with E-state index in [-0.39, 0.29) is 12.0 Å². The first-order chi connectivity index (χ1) is 9.77. The van der Waals surface area contributed by atoms with Gasteiger partial charge in [0.1, 0.15) is 0 Å². The first kappa shape index (κ1) is 15.3. The molecule has 0 radical (unpaired) electrons. The van der Waals surface area contributed by atoms with Gasteiger partial charge in [0, 0.05) is 18.2 Å². The van der Waals surface area contributed by atoms with Crippen LogP contribution in [0.5, 0.6) is 0 Å². The predicted octanol–water partition coefficient (Wildman–Crippen LogP) is 3.63. The normalized spacial score (nSPS) is 11.6. The van der Waals surface area contributed by atoms with Gasteiger partial charge in [-0.2, -0.15) is 5.10 Å². The van der Waals surface area contributed by atoms with Crippen molar-refractivity contribution >= 4 is 5.97 Å².